The predicted molar refractivity (Wildman–Crippen MR) is 113 cm³/mol. The molecule has 0 spiro atoms. The third-order valence-electron chi connectivity index (χ3n) is 5.79. The van der Waals surface area contributed by atoms with Gasteiger partial charge in [0.25, 0.3) is 0 Å². The Hall–Kier alpha value is -2.50. The van der Waals surface area contributed by atoms with Crippen molar-refractivity contribution >= 4 is 23.3 Å². The molecule has 1 aromatic carbocycles. The Morgan fingerprint density at radius 3 is 2.52 bits per heavy atom. The molecule has 3 rings (SSSR count). The fraction of sp³-hybridized carbons (Fsp3) is 0.565. The van der Waals surface area contributed by atoms with Crippen LogP contribution in [0.25, 0.3) is 0 Å². The van der Waals surface area contributed by atoms with E-state index in [2.05, 4.69) is 31.3 Å². The molecule has 6 heteroatoms. The second kappa shape index (κ2) is 8.89. The molecule has 1 N–H and O–H groups in total. The Bertz CT molecular complexity index is 806. The van der Waals surface area contributed by atoms with Gasteiger partial charge in [-0.1, -0.05) is 45.0 Å². The fourth-order valence-electron chi connectivity index (χ4n) is 3.89. The van der Waals surface area contributed by atoms with Gasteiger partial charge < -0.3 is 4.90 Å². The first-order chi connectivity index (χ1) is 13.7. The molecule has 1 aromatic rings. The van der Waals surface area contributed by atoms with Crippen molar-refractivity contribution in [2.45, 2.75) is 64.7 Å². The third kappa shape index (κ3) is 5.52. The second-order valence-electron chi connectivity index (χ2n) is 9.08. The van der Waals surface area contributed by atoms with Gasteiger partial charge in [0.1, 0.15) is 0 Å². The average molecular weight is 398 g/mol. The summed E-state index contributed by atoms with van der Waals surface area (Å²) < 4.78 is 0. The van der Waals surface area contributed by atoms with Crippen molar-refractivity contribution in [2.24, 2.45) is 11.0 Å². The summed E-state index contributed by atoms with van der Waals surface area (Å²) in [5.41, 5.74) is 5.32. The number of Topliss-reactive ketones (excluding diaryl/α,β-unsaturated/α-hetero) is 1. The summed E-state index contributed by atoms with van der Waals surface area (Å²) >= 11 is 0. The molecule has 1 unspecified atom stereocenters. The highest BCUT2D eigenvalue weighted by molar-refractivity contribution is 5.98. The van der Waals surface area contributed by atoms with E-state index in [9.17, 15) is 14.4 Å². The summed E-state index contributed by atoms with van der Waals surface area (Å²) in [5, 5.41) is 4.03. The Kier molecular flexibility index (Phi) is 6.50. The van der Waals surface area contributed by atoms with Gasteiger partial charge in [-0.3, -0.25) is 14.4 Å². The molecule has 1 saturated heterocycles. The molecular formula is C23H31N3O3. The number of hydrogen-bond acceptors (Lipinski definition) is 4. The summed E-state index contributed by atoms with van der Waals surface area (Å²) in [6.07, 6.45) is 3.64. The molecule has 156 valence electrons. The van der Waals surface area contributed by atoms with Crippen LogP contribution in [-0.2, 0) is 15.0 Å². The number of piperidine rings is 1. The van der Waals surface area contributed by atoms with Gasteiger partial charge in [-0.05, 0) is 36.7 Å². The van der Waals surface area contributed by atoms with Crippen molar-refractivity contribution < 1.29 is 14.4 Å². The van der Waals surface area contributed by atoms with Crippen LogP contribution in [0.3, 0.4) is 0 Å². The lowest BCUT2D eigenvalue weighted by atomic mass is 9.85. The molecule has 1 atom stereocenters. The van der Waals surface area contributed by atoms with E-state index in [0.29, 0.717) is 38.8 Å². The maximum Gasteiger partial charge on any atom is 0.240 e. The lowest BCUT2D eigenvalue weighted by molar-refractivity contribution is -0.132. The quantitative estimate of drug-likeness (QED) is 0.773. The van der Waals surface area contributed by atoms with Gasteiger partial charge in [-0.15, -0.1) is 0 Å². The molecule has 2 amide bonds. The summed E-state index contributed by atoms with van der Waals surface area (Å²) in [4.78, 5) is 38.6. The molecule has 0 aromatic heterocycles. The number of carbonyl (C=O) groups excluding carboxylic acids is 3. The van der Waals surface area contributed by atoms with E-state index < -0.39 is 0 Å². The van der Waals surface area contributed by atoms with Crippen molar-refractivity contribution in [2.75, 3.05) is 13.1 Å². The maximum absolute atomic E-state index is 13.0. The van der Waals surface area contributed by atoms with Crippen molar-refractivity contribution in [3.05, 3.63) is 35.4 Å². The molecular weight excluding hydrogens is 366 g/mol. The molecule has 2 aliphatic rings. The Morgan fingerprint density at radius 1 is 1.17 bits per heavy atom. The number of nitrogens with one attached hydrogen (secondary N) is 1. The first-order valence-electron chi connectivity index (χ1n) is 10.5. The first-order valence-corrected chi connectivity index (χ1v) is 10.5. The van der Waals surface area contributed by atoms with Crippen LogP contribution in [0.2, 0.25) is 0 Å². The van der Waals surface area contributed by atoms with Crippen LogP contribution in [0, 0.1) is 5.92 Å². The zero-order valence-corrected chi connectivity index (χ0v) is 17.7. The van der Waals surface area contributed by atoms with Gasteiger partial charge >= 0.3 is 0 Å². The molecule has 2 aliphatic heterocycles. The van der Waals surface area contributed by atoms with Crippen LogP contribution in [0.4, 0.5) is 0 Å². The maximum atomic E-state index is 13.0. The molecule has 0 saturated carbocycles. The predicted octanol–water partition coefficient (Wildman–Crippen LogP) is 3.45. The van der Waals surface area contributed by atoms with Crippen LogP contribution in [0.15, 0.2) is 29.4 Å². The second-order valence-corrected chi connectivity index (χ2v) is 9.08. The highest BCUT2D eigenvalue weighted by Crippen LogP contribution is 2.25. The summed E-state index contributed by atoms with van der Waals surface area (Å²) in [5.74, 6) is -0.0278. The van der Waals surface area contributed by atoms with Crippen LogP contribution in [0.1, 0.15) is 75.2 Å². The smallest absolute Gasteiger partial charge is 0.240 e. The number of hydrazone groups is 1. The standard InChI is InChI=1S/C23H31N3O3/c1-23(2,3)18-8-6-16(7-9-18)22(29)17-5-4-14-26(15-17)21(28)13-11-19-10-12-20(27)25-24-19/h6-9,17H,4-5,10-15H2,1-3H3,(H,25,27). The van der Waals surface area contributed by atoms with Crippen LogP contribution < -0.4 is 5.43 Å². The summed E-state index contributed by atoms with van der Waals surface area (Å²) in [6, 6.07) is 7.89. The normalized spacial score (nSPS) is 20.1. The highest BCUT2D eigenvalue weighted by Gasteiger charge is 2.29. The minimum Gasteiger partial charge on any atom is -0.342 e. The lowest BCUT2D eigenvalue weighted by Crippen LogP contribution is -2.42. The zero-order chi connectivity index (χ0) is 21.0. The van der Waals surface area contributed by atoms with Crippen molar-refractivity contribution in [3.8, 4) is 0 Å². The highest BCUT2D eigenvalue weighted by atomic mass is 16.2. The van der Waals surface area contributed by atoms with Crippen LogP contribution >= 0.6 is 0 Å². The molecule has 6 nitrogen and oxygen atoms in total. The topological polar surface area (TPSA) is 78.8 Å². The largest absolute Gasteiger partial charge is 0.342 e. The first kappa shape index (κ1) is 21.2. The van der Waals surface area contributed by atoms with Gasteiger partial charge in [0.05, 0.1) is 0 Å². The van der Waals surface area contributed by atoms with Gasteiger partial charge in [-0.2, -0.15) is 5.10 Å². The zero-order valence-electron chi connectivity index (χ0n) is 17.7. The van der Waals surface area contributed by atoms with Crippen molar-refractivity contribution in [1.82, 2.24) is 10.3 Å². The Labute approximate surface area is 172 Å². The number of rotatable bonds is 5. The molecule has 1 fully saturated rings. The van der Waals surface area contributed by atoms with E-state index in [0.717, 1.165) is 24.1 Å². The fourth-order valence-corrected chi connectivity index (χ4v) is 3.89. The van der Waals surface area contributed by atoms with Crippen molar-refractivity contribution in [1.29, 1.82) is 0 Å². The molecule has 0 aliphatic carbocycles. The van der Waals surface area contributed by atoms with Gasteiger partial charge in [0.15, 0.2) is 5.78 Å². The number of hydrogen-bond donors (Lipinski definition) is 1. The lowest BCUT2D eigenvalue weighted by Gasteiger charge is -2.32. The molecule has 0 radical (unpaired) electrons. The van der Waals surface area contributed by atoms with E-state index in [1.807, 2.05) is 29.2 Å². The SMILES string of the molecule is CC(C)(C)c1ccc(C(=O)C2CCCN(C(=O)CCC3=NNC(=O)CC3)C2)cc1. The minimum absolute atomic E-state index is 0.0566. The summed E-state index contributed by atoms with van der Waals surface area (Å²) in [6.45, 7) is 7.65. The number of nitrogens with zero attached hydrogens (tertiary/aromatic N) is 2. The van der Waals surface area contributed by atoms with E-state index in [-0.39, 0.29) is 28.9 Å². The molecule has 29 heavy (non-hydrogen) atoms. The molecule has 0 bridgehead atoms. The number of amides is 2. The van der Waals surface area contributed by atoms with Crippen molar-refractivity contribution in [3.63, 3.8) is 0 Å². The average Bonchev–Trinajstić information content (AvgIpc) is 2.72. The third-order valence-corrected chi connectivity index (χ3v) is 5.79. The summed E-state index contributed by atoms with van der Waals surface area (Å²) in [7, 11) is 0. The van der Waals surface area contributed by atoms with E-state index in [1.165, 1.54) is 5.56 Å². The number of ketones is 1. The van der Waals surface area contributed by atoms with Crippen LogP contribution in [-0.4, -0.2) is 41.3 Å². The van der Waals surface area contributed by atoms with E-state index >= 15 is 0 Å². The molecule has 2 heterocycles. The Morgan fingerprint density at radius 2 is 1.90 bits per heavy atom. The number of likely N-dealkylation sites (tertiary alicyclic amines) is 1. The van der Waals surface area contributed by atoms with Gasteiger partial charge in [0.2, 0.25) is 11.8 Å². The van der Waals surface area contributed by atoms with E-state index in [4.69, 9.17) is 0 Å². The Balaban J connectivity index is 1.56. The van der Waals surface area contributed by atoms with Gasteiger partial charge in [-0.25, -0.2) is 5.43 Å². The van der Waals surface area contributed by atoms with E-state index in [1.54, 1.807) is 0 Å². The van der Waals surface area contributed by atoms with Gasteiger partial charge in [0, 0.05) is 43.1 Å². The van der Waals surface area contributed by atoms with Crippen LogP contribution in [0.5, 0.6) is 0 Å². The number of benzene rings is 1. The minimum atomic E-state index is -0.139. The monoisotopic (exact) mass is 397 g/mol. The number of carbonyl (C=O) groups is 3.